The zero-order chi connectivity index (χ0) is 14.7. The Morgan fingerprint density at radius 2 is 2.10 bits per heavy atom. The zero-order valence-electron chi connectivity index (χ0n) is 11.6. The van der Waals surface area contributed by atoms with Crippen LogP contribution >= 0.6 is 27.3 Å². The van der Waals surface area contributed by atoms with Crippen molar-refractivity contribution in [2.24, 2.45) is 0 Å². The minimum absolute atomic E-state index is 0.217. The smallest absolute Gasteiger partial charge is 0.337 e. The number of methoxy groups -OCH3 is 1. The third kappa shape index (κ3) is 3.41. The van der Waals surface area contributed by atoms with Crippen LogP contribution in [0.3, 0.4) is 0 Å². The maximum absolute atomic E-state index is 11.5. The summed E-state index contributed by atoms with van der Waals surface area (Å²) in [6.07, 6.45) is 0. The van der Waals surface area contributed by atoms with E-state index in [1.807, 2.05) is 25.1 Å². The van der Waals surface area contributed by atoms with E-state index < -0.39 is 0 Å². The molecular weight excluding hydrogens is 338 g/mol. The average Bonchev–Trinajstić information content (AvgIpc) is 2.86. The van der Waals surface area contributed by atoms with Crippen LogP contribution in [0.15, 0.2) is 34.1 Å². The van der Waals surface area contributed by atoms with Crippen LogP contribution in [0.25, 0.3) is 0 Å². The first-order chi connectivity index (χ1) is 9.51. The van der Waals surface area contributed by atoms with E-state index in [1.165, 1.54) is 12.0 Å². The van der Waals surface area contributed by atoms with Crippen molar-refractivity contribution in [2.45, 2.75) is 19.9 Å². The Balaban J connectivity index is 2.15. The summed E-state index contributed by atoms with van der Waals surface area (Å²) in [5.41, 5.74) is 2.62. The van der Waals surface area contributed by atoms with Gasteiger partial charge in [-0.25, -0.2) is 4.79 Å². The fourth-order valence-electron chi connectivity index (χ4n) is 1.94. The molecule has 1 aromatic heterocycles. The molecular formula is C15H16BrNO2S. The van der Waals surface area contributed by atoms with Crippen molar-refractivity contribution in [3.63, 3.8) is 0 Å². The zero-order valence-corrected chi connectivity index (χ0v) is 14.0. The summed E-state index contributed by atoms with van der Waals surface area (Å²) in [5.74, 6) is -0.310. The van der Waals surface area contributed by atoms with Gasteiger partial charge in [0.1, 0.15) is 0 Å². The van der Waals surface area contributed by atoms with E-state index in [0.717, 1.165) is 15.0 Å². The van der Waals surface area contributed by atoms with Gasteiger partial charge >= 0.3 is 5.97 Å². The number of rotatable bonds is 4. The molecule has 0 aliphatic carbocycles. The molecule has 20 heavy (non-hydrogen) atoms. The molecule has 1 aromatic carbocycles. The average molecular weight is 354 g/mol. The van der Waals surface area contributed by atoms with Crippen LogP contribution < -0.4 is 5.32 Å². The lowest BCUT2D eigenvalue weighted by Crippen LogP contribution is -2.07. The molecule has 1 atom stereocenters. The Kier molecular flexibility index (Phi) is 4.83. The standard InChI is InChI=1S/C15H16BrNO2S/c1-9-8-11(15(18)19-3)4-5-12(9)17-10(2)13-6-7-14(16)20-13/h4-8,10,17H,1-3H3. The summed E-state index contributed by atoms with van der Waals surface area (Å²) < 4.78 is 5.85. The maximum atomic E-state index is 11.5. The van der Waals surface area contributed by atoms with Gasteiger partial charge in [-0.2, -0.15) is 0 Å². The SMILES string of the molecule is COC(=O)c1ccc(NC(C)c2ccc(Br)s2)c(C)c1. The van der Waals surface area contributed by atoms with E-state index in [4.69, 9.17) is 4.74 Å². The highest BCUT2D eigenvalue weighted by Crippen LogP contribution is 2.30. The highest BCUT2D eigenvalue weighted by Gasteiger charge is 2.11. The maximum Gasteiger partial charge on any atom is 0.337 e. The van der Waals surface area contributed by atoms with Gasteiger partial charge in [0.15, 0.2) is 0 Å². The Morgan fingerprint density at radius 1 is 1.35 bits per heavy atom. The molecule has 2 rings (SSSR count). The predicted octanol–water partition coefficient (Wildman–Crippen LogP) is 4.78. The molecule has 5 heteroatoms. The summed E-state index contributed by atoms with van der Waals surface area (Å²) in [5, 5.41) is 3.46. The van der Waals surface area contributed by atoms with Gasteiger partial charge < -0.3 is 10.1 Å². The number of aryl methyl sites for hydroxylation is 1. The second kappa shape index (κ2) is 6.41. The van der Waals surface area contributed by atoms with Crippen LogP contribution in [0, 0.1) is 6.92 Å². The molecule has 1 N–H and O–H groups in total. The molecule has 0 fully saturated rings. The van der Waals surface area contributed by atoms with Gasteiger partial charge in [0, 0.05) is 10.6 Å². The normalized spacial score (nSPS) is 12.0. The summed E-state index contributed by atoms with van der Waals surface area (Å²) in [6, 6.07) is 9.90. The highest BCUT2D eigenvalue weighted by molar-refractivity contribution is 9.11. The molecule has 0 aliphatic heterocycles. The Labute approximate surface area is 131 Å². The van der Waals surface area contributed by atoms with Crippen molar-refractivity contribution in [1.29, 1.82) is 0 Å². The number of thiophene rings is 1. The number of hydrogen-bond donors (Lipinski definition) is 1. The first-order valence-corrected chi connectivity index (χ1v) is 7.83. The van der Waals surface area contributed by atoms with Crippen LogP contribution in [0.1, 0.15) is 33.8 Å². The minimum Gasteiger partial charge on any atom is -0.465 e. The number of ether oxygens (including phenoxy) is 1. The van der Waals surface area contributed by atoms with Crippen molar-refractivity contribution >= 4 is 38.9 Å². The largest absolute Gasteiger partial charge is 0.465 e. The summed E-state index contributed by atoms with van der Waals surface area (Å²) in [4.78, 5) is 12.7. The summed E-state index contributed by atoms with van der Waals surface area (Å²) >= 11 is 5.19. The fourth-order valence-corrected chi connectivity index (χ4v) is 3.36. The number of nitrogens with one attached hydrogen (secondary N) is 1. The van der Waals surface area contributed by atoms with Gasteiger partial charge in [0.25, 0.3) is 0 Å². The Morgan fingerprint density at radius 3 is 2.65 bits per heavy atom. The van der Waals surface area contributed by atoms with E-state index in [-0.39, 0.29) is 12.0 Å². The van der Waals surface area contributed by atoms with Crippen LogP contribution in [0.2, 0.25) is 0 Å². The number of anilines is 1. The molecule has 0 bridgehead atoms. The van der Waals surface area contributed by atoms with Crippen LogP contribution in [0.5, 0.6) is 0 Å². The topological polar surface area (TPSA) is 38.3 Å². The van der Waals surface area contributed by atoms with Crippen LogP contribution in [-0.2, 0) is 4.74 Å². The van der Waals surface area contributed by atoms with E-state index in [1.54, 1.807) is 17.4 Å². The van der Waals surface area contributed by atoms with Crippen LogP contribution in [-0.4, -0.2) is 13.1 Å². The molecule has 2 aromatic rings. The number of benzene rings is 1. The number of esters is 1. The number of carbonyl (C=O) groups is 1. The third-order valence-corrected chi connectivity index (χ3v) is 4.85. The van der Waals surface area contributed by atoms with Gasteiger partial charge in [0.05, 0.1) is 22.5 Å². The van der Waals surface area contributed by atoms with Crippen molar-refractivity contribution < 1.29 is 9.53 Å². The fraction of sp³-hybridized carbons (Fsp3) is 0.267. The van der Waals surface area contributed by atoms with E-state index in [9.17, 15) is 4.79 Å². The monoisotopic (exact) mass is 353 g/mol. The van der Waals surface area contributed by atoms with Gasteiger partial charge in [-0.1, -0.05) is 0 Å². The third-order valence-electron chi connectivity index (χ3n) is 3.04. The number of hydrogen-bond acceptors (Lipinski definition) is 4. The summed E-state index contributed by atoms with van der Waals surface area (Å²) in [6.45, 7) is 4.10. The molecule has 0 radical (unpaired) electrons. The van der Waals surface area contributed by atoms with Crippen molar-refractivity contribution in [1.82, 2.24) is 0 Å². The van der Waals surface area contributed by atoms with Crippen molar-refractivity contribution in [3.05, 3.63) is 50.1 Å². The molecule has 1 unspecified atom stereocenters. The lowest BCUT2D eigenvalue weighted by Gasteiger charge is -2.16. The van der Waals surface area contributed by atoms with Gasteiger partial charge in [-0.15, -0.1) is 11.3 Å². The first kappa shape index (κ1) is 15.1. The number of carbonyl (C=O) groups excluding carboxylic acids is 1. The molecule has 0 amide bonds. The molecule has 0 saturated heterocycles. The van der Waals surface area contributed by atoms with Gasteiger partial charge in [-0.3, -0.25) is 0 Å². The molecule has 0 spiro atoms. The van der Waals surface area contributed by atoms with E-state index in [0.29, 0.717) is 5.56 Å². The van der Waals surface area contributed by atoms with Gasteiger partial charge in [0.2, 0.25) is 0 Å². The van der Waals surface area contributed by atoms with Crippen LogP contribution in [0.4, 0.5) is 5.69 Å². The lowest BCUT2D eigenvalue weighted by molar-refractivity contribution is 0.0600. The van der Waals surface area contributed by atoms with Crippen molar-refractivity contribution in [3.8, 4) is 0 Å². The Hall–Kier alpha value is -1.33. The minimum atomic E-state index is -0.310. The van der Waals surface area contributed by atoms with E-state index in [2.05, 4.69) is 34.2 Å². The molecule has 106 valence electrons. The second-order valence-corrected chi connectivity index (χ2v) is 7.02. The van der Waals surface area contributed by atoms with Crippen molar-refractivity contribution in [2.75, 3.05) is 12.4 Å². The first-order valence-electron chi connectivity index (χ1n) is 6.22. The molecule has 0 aliphatic rings. The molecule has 0 saturated carbocycles. The van der Waals surface area contributed by atoms with E-state index >= 15 is 0 Å². The second-order valence-electron chi connectivity index (χ2n) is 4.53. The number of halogens is 1. The van der Waals surface area contributed by atoms with Gasteiger partial charge in [-0.05, 0) is 65.7 Å². The Bertz CT molecular complexity index is 624. The predicted molar refractivity (Wildman–Crippen MR) is 86.6 cm³/mol. The molecule has 1 heterocycles. The molecule has 3 nitrogen and oxygen atoms in total. The lowest BCUT2D eigenvalue weighted by atomic mass is 10.1. The summed E-state index contributed by atoms with van der Waals surface area (Å²) in [7, 11) is 1.39. The quantitative estimate of drug-likeness (QED) is 0.803. The highest BCUT2D eigenvalue weighted by atomic mass is 79.9.